The first-order valence-electron chi connectivity index (χ1n) is 8.67. The number of halogens is 2. The smallest absolute Gasteiger partial charge is 0.269 e. The molecule has 1 heterocycles. The maximum atomic E-state index is 12.8. The van der Waals surface area contributed by atoms with Gasteiger partial charge in [-0.25, -0.2) is 8.42 Å². The van der Waals surface area contributed by atoms with Gasteiger partial charge >= 0.3 is 0 Å². The van der Waals surface area contributed by atoms with Crippen molar-refractivity contribution in [3.63, 3.8) is 0 Å². The molecule has 2 N–H and O–H groups in total. The van der Waals surface area contributed by atoms with Crippen LogP contribution in [-0.4, -0.2) is 44.9 Å². The topological polar surface area (TPSA) is 87.7 Å². The van der Waals surface area contributed by atoms with E-state index in [9.17, 15) is 13.2 Å². The molecule has 1 fully saturated rings. The van der Waals surface area contributed by atoms with Crippen molar-refractivity contribution in [2.24, 2.45) is 0 Å². The predicted octanol–water partition coefficient (Wildman–Crippen LogP) is 2.92. The Kier molecular flexibility index (Phi) is 6.81. The summed E-state index contributed by atoms with van der Waals surface area (Å²) in [5.74, 6) is -0.525. The average Bonchev–Trinajstić information content (AvgIpc) is 2.74. The van der Waals surface area contributed by atoms with Gasteiger partial charge in [0, 0.05) is 29.2 Å². The molecule has 29 heavy (non-hydrogen) atoms. The van der Waals surface area contributed by atoms with Crippen LogP contribution >= 0.6 is 23.2 Å². The highest BCUT2D eigenvalue weighted by molar-refractivity contribution is 7.89. The van der Waals surface area contributed by atoms with E-state index in [0.29, 0.717) is 34.5 Å². The van der Waals surface area contributed by atoms with Crippen molar-refractivity contribution < 1.29 is 17.9 Å². The van der Waals surface area contributed by atoms with Crippen LogP contribution in [0.5, 0.6) is 0 Å². The van der Waals surface area contributed by atoms with Crippen molar-refractivity contribution in [1.29, 1.82) is 0 Å². The van der Waals surface area contributed by atoms with Crippen LogP contribution < -0.4 is 10.9 Å². The van der Waals surface area contributed by atoms with Crippen LogP contribution in [0.3, 0.4) is 0 Å². The molecular weight excluding hydrogens is 437 g/mol. The number of hydrogen-bond acceptors (Lipinski definition) is 5. The van der Waals surface area contributed by atoms with Crippen LogP contribution in [0.25, 0.3) is 5.70 Å². The van der Waals surface area contributed by atoms with E-state index in [1.165, 1.54) is 28.6 Å². The lowest BCUT2D eigenvalue weighted by Crippen LogP contribution is -2.40. The molecule has 3 rings (SSSR count). The number of nitrogens with zero attached hydrogens (tertiary/aromatic N) is 1. The van der Waals surface area contributed by atoms with Gasteiger partial charge in [-0.3, -0.25) is 15.6 Å². The number of carbonyl (C=O) groups excluding carboxylic acids is 1. The molecule has 0 radical (unpaired) electrons. The minimum atomic E-state index is -3.70. The predicted molar refractivity (Wildman–Crippen MR) is 112 cm³/mol. The van der Waals surface area contributed by atoms with Gasteiger partial charge in [0.15, 0.2) is 0 Å². The van der Waals surface area contributed by atoms with Gasteiger partial charge in [-0.1, -0.05) is 35.8 Å². The van der Waals surface area contributed by atoms with Crippen LogP contribution in [-0.2, 0) is 14.8 Å². The Bertz CT molecular complexity index is 1040. The Labute approximate surface area is 179 Å². The van der Waals surface area contributed by atoms with Gasteiger partial charge in [0.25, 0.3) is 5.91 Å². The van der Waals surface area contributed by atoms with Crippen molar-refractivity contribution in [3.05, 3.63) is 70.2 Å². The number of hydrogen-bond donors (Lipinski definition) is 2. The van der Waals surface area contributed by atoms with E-state index >= 15 is 0 Å². The van der Waals surface area contributed by atoms with Crippen molar-refractivity contribution in [1.82, 2.24) is 15.2 Å². The zero-order valence-electron chi connectivity index (χ0n) is 15.3. The van der Waals surface area contributed by atoms with Crippen LogP contribution in [0.2, 0.25) is 10.0 Å². The molecule has 0 unspecified atom stereocenters. The Balaban J connectivity index is 1.71. The first-order valence-corrected chi connectivity index (χ1v) is 10.9. The second-order valence-electron chi connectivity index (χ2n) is 6.23. The minimum Gasteiger partial charge on any atom is -0.379 e. The third-order valence-corrected chi connectivity index (χ3v) is 6.74. The van der Waals surface area contributed by atoms with E-state index < -0.39 is 15.9 Å². The molecule has 0 saturated carbocycles. The summed E-state index contributed by atoms with van der Waals surface area (Å²) >= 11 is 12.1. The highest BCUT2D eigenvalue weighted by atomic mass is 35.5. The average molecular weight is 456 g/mol. The Morgan fingerprint density at radius 2 is 1.79 bits per heavy atom. The molecule has 1 aliphatic rings. The fraction of sp³-hybridized carbons (Fsp3) is 0.211. The molecule has 0 spiro atoms. The van der Waals surface area contributed by atoms with Gasteiger partial charge in [0.2, 0.25) is 10.0 Å². The lowest BCUT2D eigenvalue weighted by molar-refractivity contribution is 0.0730. The van der Waals surface area contributed by atoms with E-state index in [1.54, 1.807) is 18.2 Å². The molecule has 0 aromatic heterocycles. The standard InChI is InChI=1S/C19H19Cl2N3O4S/c1-13(17-12-15(20)5-6-18(17)21)22-23-19(25)14-3-2-4-16(11-14)29(26,27)24-7-9-28-10-8-24/h2-6,11-12,22H,1,7-10H2,(H,23,25). The summed E-state index contributed by atoms with van der Waals surface area (Å²) in [5.41, 5.74) is 6.20. The molecule has 2 aromatic carbocycles. The van der Waals surface area contributed by atoms with Crippen LogP contribution in [0.15, 0.2) is 53.9 Å². The van der Waals surface area contributed by atoms with Gasteiger partial charge in [0.05, 0.1) is 28.8 Å². The molecule has 1 aliphatic heterocycles. The maximum Gasteiger partial charge on any atom is 0.269 e. The lowest BCUT2D eigenvalue weighted by Gasteiger charge is -2.26. The molecule has 0 aliphatic carbocycles. The van der Waals surface area contributed by atoms with Gasteiger partial charge in [-0.15, -0.1) is 0 Å². The number of carbonyl (C=O) groups is 1. The fourth-order valence-electron chi connectivity index (χ4n) is 2.73. The first kappa shape index (κ1) is 21.6. The molecule has 7 nitrogen and oxygen atoms in total. The Hall–Kier alpha value is -2.10. The third-order valence-electron chi connectivity index (χ3n) is 4.28. The second-order valence-corrected chi connectivity index (χ2v) is 9.01. The summed E-state index contributed by atoms with van der Waals surface area (Å²) in [6.45, 7) is 5.07. The van der Waals surface area contributed by atoms with Crippen molar-refractivity contribution in [2.45, 2.75) is 4.90 Å². The van der Waals surface area contributed by atoms with Crippen molar-refractivity contribution in [3.8, 4) is 0 Å². The van der Waals surface area contributed by atoms with E-state index in [4.69, 9.17) is 27.9 Å². The van der Waals surface area contributed by atoms with E-state index in [2.05, 4.69) is 17.4 Å². The van der Waals surface area contributed by atoms with Gasteiger partial charge < -0.3 is 4.74 Å². The lowest BCUT2D eigenvalue weighted by atomic mass is 10.2. The van der Waals surface area contributed by atoms with Crippen LogP contribution in [0, 0.1) is 0 Å². The zero-order valence-corrected chi connectivity index (χ0v) is 17.6. The number of morpholine rings is 1. The highest BCUT2D eigenvalue weighted by Crippen LogP contribution is 2.24. The molecule has 154 valence electrons. The summed E-state index contributed by atoms with van der Waals surface area (Å²) in [6, 6.07) is 10.7. The number of amides is 1. The van der Waals surface area contributed by atoms with Gasteiger partial charge in [0.1, 0.15) is 0 Å². The van der Waals surface area contributed by atoms with E-state index in [1.807, 2.05) is 0 Å². The molecule has 2 aromatic rings. The van der Waals surface area contributed by atoms with E-state index in [-0.39, 0.29) is 23.5 Å². The quantitative estimate of drug-likeness (QED) is 0.653. The zero-order chi connectivity index (χ0) is 21.0. The number of ether oxygens (including phenoxy) is 1. The summed E-state index contributed by atoms with van der Waals surface area (Å²) in [5, 5.41) is 0.888. The van der Waals surface area contributed by atoms with Crippen LogP contribution in [0.1, 0.15) is 15.9 Å². The summed E-state index contributed by atoms with van der Waals surface area (Å²) < 4.78 is 32.1. The minimum absolute atomic E-state index is 0.0452. The molecule has 0 atom stereocenters. The Morgan fingerprint density at radius 3 is 2.52 bits per heavy atom. The fourth-order valence-corrected chi connectivity index (χ4v) is 4.59. The number of rotatable bonds is 6. The molecule has 1 amide bonds. The largest absolute Gasteiger partial charge is 0.379 e. The summed E-state index contributed by atoms with van der Waals surface area (Å²) in [4.78, 5) is 12.5. The maximum absolute atomic E-state index is 12.8. The van der Waals surface area contributed by atoms with Gasteiger partial charge in [-0.2, -0.15) is 4.31 Å². The molecule has 1 saturated heterocycles. The molecular formula is C19H19Cl2N3O4S. The first-order chi connectivity index (χ1) is 13.8. The van der Waals surface area contributed by atoms with Crippen molar-refractivity contribution in [2.75, 3.05) is 26.3 Å². The number of sulfonamides is 1. The molecule has 10 heteroatoms. The monoisotopic (exact) mass is 455 g/mol. The normalized spacial score (nSPS) is 15.0. The second kappa shape index (κ2) is 9.15. The number of benzene rings is 2. The van der Waals surface area contributed by atoms with Crippen molar-refractivity contribution >= 4 is 44.8 Å². The summed E-state index contributed by atoms with van der Waals surface area (Å²) in [6.07, 6.45) is 0. The summed E-state index contributed by atoms with van der Waals surface area (Å²) in [7, 11) is -3.70. The number of hydrazine groups is 1. The number of nitrogens with one attached hydrogen (secondary N) is 2. The SMILES string of the molecule is C=C(NNC(=O)c1cccc(S(=O)(=O)N2CCOCC2)c1)c1cc(Cl)ccc1Cl. The highest BCUT2D eigenvalue weighted by Gasteiger charge is 2.26. The third kappa shape index (κ3) is 5.09. The van der Waals surface area contributed by atoms with Crippen LogP contribution in [0.4, 0.5) is 0 Å². The van der Waals surface area contributed by atoms with Gasteiger partial charge in [-0.05, 0) is 36.4 Å². The van der Waals surface area contributed by atoms with E-state index in [0.717, 1.165) is 0 Å². The Morgan fingerprint density at radius 1 is 1.07 bits per heavy atom. The molecule has 0 bridgehead atoms.